The van der Waals surface area contributed by atoms with E-state index < -0.39 is 0 Å². The van der Waals surface area contributed by atoms with Crippen LogP contribution >= 0.6 is 23.2 Å². The Kier molecular flexibility index (Phi) is 5.06. The molecule has 0 fully saturated rings. The molecular formula is C19H18Cl2NO+. The third kappa shape index (κ3) is 3.97. The summed E-state index contributed by atoms with van der Waals surface area (Å²) >= 11 is 12.3. The summed E-state index contributed by atoms with van der Waals surface area (Å²) in [5, 5.41) is 3.53. The summed E-state index contributed by atoms with van der Waals surface area (Å²) in [6.07, 6.45) is 0. The minimum absolute atomic E-state index is 0.375. The summed E-state index contributed by atoms with van der Waals surface area (Å²) in [5.74, 6) is 1.66. The van der Waals surface area contributed by atoms with Crippen molar-refractivity contribution in [3.63, 3.8) is 0 Å². The molecule has 0 spiro atoms. The number of quaternary nitrogens is 1. The molecule has 0 saturated carbocycles. The van der Waals surface area contributed by atoms with E-state index in [1.807, 2.05) is 24.3 Å². The van der Waals surface area contributed by atoms with Gasteiger partial charge < -0.3 is 9.73 Å². The van der Waals surface area contributed by atoms with Gasteiger partial charge >= 0.3 is 0 Å². The van der Waals surface area contributed by atoms with Crippen molar-refractivity contribution in [1.29, 1.82) is 0 Å². The molecule has 2 aromatic carbocycles. The number of nitrogens with two attached hydrogens (primary N) is 1. The average molecular weight is 347 g/mol. The third-order valence-electron chi connectivity index (χ3n) is 3.85. The molecule has 1 aromatic heterocycles. The maximum absolute atomic E-state index is 6.22. The molecule has 0 aliphatic rings. The zero-order valence-electron chi connectivity index (χ0n) is 12.8. The van der Waals surface area contributed by atoms with Gasteiger partial charge in [0.2, 0.25) is 0 Å². The zero-order valence-corrected chi connectivity index (χ0v) is 14.3. The molecule has 0 aliphatic heterocycles. The van der Waals surface area contributed by atoms with Crippen molar-refractivity contribution in [3.05, 3.63) is 82.0 Å². The van der Waals surface area contributed by atoms with Crippen molar-refractivity contribution >= 4 is 23.2 Å². The van der Waals surface area contributed by atoms with Crippen LogP contribution in [-0.4, -0.2) is 0 Å². The van der Waals surface area contributed by atoms with Gasteiger partial charge in [-0.15, -0.1) is 0 Å². The van der Waals surface area contributed by atoms with Crippen molar-refractivity contribution in [2.45, 2.75) is 19.5 Å². The fraction of sp³-hybridized carbons (Fsp3) is 0.158. The molecule has 3 aromatic rings. The monoisotopic (exact) mass is 346 g/mol. The van der Waals surface area contributed by atoms with E-state index in [0.717, 1.165) is 23.6 Å². The normalized spacial score (nSPS) is 12.3. The fourth-order valence-electron chi connectivity index (χ4n) is 2.50. The molecule has 2 N–H and O–H groups in total. The van der Waals surface area contributed by atoms with E-state index in [4.69, 9.17) is 27.6 Å². The van der Waals surface area contributed by atoms with E-state index in [-0.39, 0.29) is 0 Å². The van der Waals surface area contributed by atoms with E-state index in [1.165, 1.54) is 5.56 Å². The lowest BCUT2D eigenvalue weighted by Crippen LogP contribution is -2.82. The van der Waals surface area contributed by atoms with Gasteiger partial charge in [-0.05, 0) is 37.3 Å². The van der Waals surface area contributed by atoms with Crippen LogP contribution in [0.5, 0.6) is 0 Å². The van der Waals surface area contributed by atoms with Crippen LogP contribution in [0, 0.1) is 0 Å². The summed E-state index contributed by atoms with van der Waals surface area (Å²) in [5.41, 5.74) is 2.12. The predicted molar refractivity (Wildman–Crippen MR) is 94.7 cm³/mol. The van der Waals surface area contributed by atoms with Crippen LogP contribution in [0.1, 0.15) is 24.3 Å². The predicted octanol–water partition coefficient (Wildman–Crippen LogP) is 5.08. The van der Waals surface area contributed by atoms with Crippen LogP contribution in [0.25, 0.3) is 11.3 Å². The highest BCUT2D eigenvalue weighted by atomic mass is 35.5. The molecule has 0 saturated heterocycles. The Balaban J connectivity index is 1.69. The molecule has 0 radical (unpaired) electrons. The fourth-order valence-corrected chi connectivity index (χ4v) is 2.89. The van der Waals surface area contributed by atoms with Crippen molar-refractivity contribution in [2.75, 3.05) is 0 Å². The van der Waals surface area contributed by atoms with Crippen molar-refractivity contribution in [1.82, 2.24) is 0 Å². The van der Waals surface area contributed by atoms with Gasteiger partial charge in [0.15, 0.2) is 5.76 Å². The van der Waals surface area contributed by atoms with Gasteiger partial charge in [0.05, 0.1) is 5.02 Å². The maximum Gasteiger partial charge on any atom is 0.158 e. The van der Waals surface area contributed by atoms with Crippen molar-refractivity contribution in [2.24, 2.45) is 0 Å². The first-order valence-electron chi connectivity index (χ1n) is 7.56. The number of halogens is 2. The molecule has 2 nitrogen and oxygen atoms in total. The maximum atomic E-state index is 6.22. The second-order valence-electron chi connectivity index (χ2n) is 5.53. The lowest BCUT2D eigenvalue weighted by molar-refractivity contribution is -0.709. The summed E-state index contributed by atoms with van der Waals surface area (Å²) in [6, 6.07) is 20.1. The molecular weight excluding hydrogens is 329 g/mol. The molecule has 23 heavy (non-hydrogen) atoms. The first kappa shape index (κ1) is 16.1. The van der Waals surface area contributed by atoms with E-state index >= 15 is 0 Å². The highest BCUT2D eigenvalue weighted by molar-refractivity contribution is 6.35. The average Bonchev–Trinajstić information content (AvgIpc) is 3.04. The topological polar surface area (TPSA) is 29.8 Å². The van der Waals surface area contributed by atoms with Crippen LogP contribution in [0.15, 0.2) is 65.1 Å². The minimum atomic E-state index is 0.375. The molecule has 4 heteroatoms. The molecule has 1 heterocycles. The first-order chi connectivity index (χ1) is 11.1. The second-order valence-corrected chi connectivity index (χ2v) is 6.37. The van der Waals surface area contributed by atoms with Crippen molar-refractivity contribution in [3.8, 4) is 11.3 Å². The van der Waals surface area contributed by atoms with Gasteiger partial charge in [-0.3, -0.25) is 0 Å². The van der Waals surface area contributed by atoms with Crippen LogP contribution in [0.3, 0.4) is 0 Å². The van der Waals surface area contributed by atoms with Gasteiger partial charge in [-0.25, -0.2) is 0 Å². The smallest absolute Gasteiger partial charge is 0.158 e. The van der Waals surface area contributed by atoms with Crippen LogP contribution in [0.2, 0.25) is 10.0 Å². The number of rotatable bonds is 5. The Morgan fingerprint density at radius 3 is 2.57 bits per heavy atom. The highest BCUT2D eigenvalue weighted by Crippen LogP contribution is 2.31. The number of benzene rings is 2. The molecule has 0 amide bonds. The SMILES string of the molecule is C[C@@H]([NH2+]Cc1ccc(-c2cc(Cl)ccc2Cl)o1)c1ccccc1. The van der Waals surface area contributed by atoms with Gasteiger partial charge in [0.25, 0.3) is 0 Å². The Labute approximate surface area is 146 Å². The zero-order chi connectivity index (χ0) is 16.2. The Hall–Kier alpha value is -1.74. The standard InChI is InChI=1S/C19H17Cl2NO/c1-13(14-5-3-2-4-6-14)22-12-16-8-10-19(23-16)17-11-15(20)7-9-18(17)21/h2-11,13,22H,12H2,1H3/p+1/t13-/m1/s1. The van der Waals surface area contributed by atoms with Crippen LogP contribution in [0.4, 0.5) is 0 Å². The molecule has 3 rings (SSSR count). The molecule has 0 bridgehead atoms. The van der Waals surface area contributed by atoms with E-state index in [9.17, 15) is 0 Å². The van der Waals surface area contributed by atoms with Gasteiger partial charge in [0, 0.05) is 16.1 Å². The molecule has 0 unspecified atom stereocenters. The molecule has 118 valence electrons. The quantitative estimate of drug-likeness (QED) is 0.685. The summed E-state index contributed by atoms with van der Waals surface area (Å²) in [6.45, 7) is 2.96. The summed E-state index contributed by atoms with van der Waals surface area (Å²) in [4.78, 5) is 0. The largest absolute Gasteiger partial charge is 0.455 e. The summed E-state index contributed by atoms with van der Waals surface area (Å²) < 4.78 is 5.92. The van der Waals surface area contributed by atoms with Gasteiger partial charge in [-0.2, -0.15) is 0 Å². The Bertz CT molecular complexity index is 783. The van der Waals surface area contributed by atoms with Gasteiger partial charge in [0.1, 0.15) is 18.3 Å². The summed E-state index contributed by atoms with van der Waals surface area (Å²) in [7, 11) is 0. The lowest BCUT2D eigenvalue weighted by Gasteiger charge is -2.09. The minimum Gasteiger partial charge on any atom is -0.455 e. The van der Waals surface area contributed by atoms with Crippen LogP contribution in [-0.2, 0) is 6.54 Å². The van der Waals surface area contributed by atoms with Gasteiger partial charge in [-0.1, -0.05) is 53.5 Å². The highest BCUT2D eigenvalue weighted by Gasteiger charge is 2.12. The Morgan fingerprint density at radius 1 is 1.00 bits per heavy atom. The second kappa shape index (κ2) is 7.22. The van der Waals surface area contributed by atoms with Crippen molar-refractivity contribution < 1.29 is 9.73 Å². The Morgan fingerprint density at radius 2 is 1.78 bits per heavy atom. The van der Waals surface area contributed by atoms with Crippen LogP contribution < -0.4 is 5.32 Å². The third-order valence-corrected chi connectivity index (χ3v) is 4.42. The first-order valence-corrected chi connectivity index (χ1v) is 8.31. The number of hydrogen-bond acceptors (Lipinski definition) is 1. The van der Waals surface area contributed by atoms with E-state index in [2.05, 4.69) is 36.5 Å². The van der Waals surface area contributed by atoms with E-state index in [0.29, 0.717) is 16.1 Å². The van der Waals surface area contributed by atoms with E-state index in [1.54, 1.807) is 12.1 Å². The molecule has 0 aliphatic carbocycles. The lowest BCUT2D eigenvalue weighted by atomic mass is 10.1. The number of hydrogen-bond donors (Lipinski definition) is 1. The molecule has 1 atom stereocenters. The number of furan rings is 1.